The van der Waals surface area contributed by atoms with Gasteiger partial charge in [0.15, 0.2) is 0 Å². The van der Waals surface area contributed by atoms with Gasteiger partial charge in [0.25, 0.3) is 0 Å². The number of nitrogens with two attached hydrogens (primary N) is 3. The van der Waals surface area contributed by atoms with Gasteiger partial charge in [-0.15, -0.1) is 0 Å². The highest BCUT2D eigenvalue weighted by Crippen LogP contribution is 2.09. The van der Waals surface area contributed by atoms with Crippen molar-refractivity contribution in [3.63, 3.8) is 0 Å². The molecule has 0 aliphatic heterocycles. The number of carboxylic acid groups (broad SMARTS) is 1. The summed E-state index contributed by atoms with van der Waals surface area (Å²) in [5.41, 5.74) is 16.2. The third-order valence-electron chi connectivity index (χ3n) is 4.82. The molecule has 4 unspecified atom stereocenters. The predicted octanol–water partition coefficient (Wildman–Crippen LogP) is -1.83. The van der Waals surface area contributed by atoms with Crippen LogP contribution in [0.3, 0.4) is 0 Å². The van der Waals surface area contributed by atoms with Crippen LogP contribution in [-0.2, 0) is 24.0 Å². The molecule has 12 heteroatoms. The molecule has 0 aliphatic carbocycles. The maximum absolute atomic E-state index is 12.9. The average molecular weight is 459 g/mol. The number of unbranched alkanes of at least 4 members (excludes halogenated alkanes) is 1. The largest absolute Gasteiger partial charge is 0.480 e. The zero-order valence-corrected chi connectivity index (χ0v) is 19.2. The highest BCUT2D eigenvalue weighted by Gasteiger charge is 2.32. The maximum atomic E-state index is 12.9. The first-order valence-electron chi connectivity index (χ1n) is 10.7. The zero-order valence-electron chi connectivity index (χ0n) is 19.2. The highest BCUT2D eigenvalue weighted by molar-refractivity contribution is 5.95. The number of nitrogens with one attached hydrogen (secondary N) is 3. The first kappa shape index (κ1) is 29.3. The number of aliphatic carboxylic acids is 1. The molecule has 0 heterocycles. The SMILES string of the molecule is CC(C)C(NC(=O)C(NC(=O)C(CCCCN)NC(=O)C(N)CC(N)=O)C(C)C)C(=O)O. The van der Waals surface area contributed by atoms with Gasteiger partial charge in [-0.25, -0.2) is 4.79 Å². The summed E-state index contributed by atoms with van der Waals surface area (Å²) in [6, 6.07) is -4.39. The van der Waals surface area contributed by atoms with Gasteiger partial charge in [0.2, 0.25) is 23.6 Å². The van der Waals surface area contributed by atoms with E-state index < -0.39 is 53.8 Å². The smallest absolute Gasteiger partial charge is 0.326 e. The Bertz CT molecular complexity index is 669. The lowest BCUT2D eigenvalue weighted by atomic mass is 9.99. The van der Waals surface area contributed by atoms with Crippen molar-refractivity contribution in [2.24, 2.45) is 29.0 Å². The van der Waals surface area contributed by atoms with E-state index in [-0.39, 0.29) is 24.7 Å². The van der Waals surface area contributed by atoms with Crippen LogP contribution < -0.4 is 33.2 Å². The van der Waals surface area contributed by atoms with Crippen LogP contribution in [0.2, 0.25) is 0 Å². The molecular formula is C20H38N6O6. The summed E-state index contributed by atoms with van der Waals surface area (Å²) in [4.78, 5) is 60.3. The third kappa shape index (κ3) is 10.5. The van der Waals surface area contributed by atoms with E-state index in [1.54, 1.807) is 27.7 Å². The Labute approximate surface area is 188 Å². The Hall–Kier alpha value is -2.73. The van der Waals surface area contributed by atoms with Gasteiger partial charge in [-0.1, -0.05) is 27.7 Å². The standard InChI is InChI=1S/C20H38N6O6/c1-10(2)15(19(30)26-16(11(3)4)20(31)32)25-18(29)13(7-5-6-8-21)24-17(28)12(22)9-14(23)27/h10-13,15-16H,5-9,21-22H2,1-4H3,(H2,23,27)(H,24,28)(H,25,29)(H,26,30)(H,31,32). The molecule has 0 aromatic rings. The molecule has 4 atom stereocenters. The lowest BCUT2D eigenvalue weighted by molar-refractivity contribution is -0.143. The van der Waals surface area contributed by atoms with Crippen molar-refractivity contribution in [3.8, 4) is 0 Å². The monoisotopic (exact) mass is 458 g/mol. The Kier molecular flexibility index (Phi) is 13.1. The summed E-state index contributed by atoms with van der Waals surface area (Å²) >= 11 is 0. The van der Waals surface area contributed by atoms with E-state index in [4.69, 9.17) is 17.2 Å². The van der Waals surface area contributed by atoms with Crippen molar-refractivity contribution >= 4 is 29.6 Å². The van der Waals surface area contributed by atoms with Gasteiger partial charge in [-0.2, -0.15) is 0 Å². The van der Waals surface area contributed by atoms with Crippen molar-refractivity contribution < 1.29 is 29.1 Å². The summed E-state index contributed by atoms with van der Waals surface area (Å²) in [6.07, 6.45) is 0.975. The molecule has 12 nitrogen and oxygen atoms in total. The molecule has 0 fully saturated rings. The molecule has 0 aromatic heterocycles. The van der Waals surface area contributed by atoms with E-state index in [9.17, 15) is 29.1 Å². The van der Waals surface area contributed by atoms with Gasteiger partial charge in [0, 0.05) is 0 Å². The van der Waals surface area contributed by atoms with Gasteiger partial charge >= 0.3 is 5.97 Å². The van der Waals surface area contributed by atoms with Crippen LogP contribution in [0.4, 0.5) is 0 Å². The van der Waals surface area contributed by atoms with E-state index >= 15 is 0 Å². The number of primary amides is 1. The number of amides is 4. The van der Waals surface area contributed by atoms with Crippen molar-refractivity contribution in [2.75, 3.05) is 6.54 Å². The van der Waals surface area contributed by atoms with E-state index in [0.29, 0.717) is 19.4 Å². The Balaban J connectivity index is 5.43. The second-order valence-electron chi connectivity index (χ2n) is 8.42. The van der Waals surface area contributed by atoms with Gasteiger partial charge in [-0.05, 0) is 37.6 Å². The maximum Gasteiger partial charge on any atom is 0.326 e. The van der Waals surface area contributed by atoms with Crippen LogP contribution >= 0.6 is 0 Å². The van der Waals surface area contributed by atoms with Crippen molar-refractivity contribution in [3.05, 3.63) is 0 Å². The number of hydrogen-bond donors (Lipinski definition) is 7. The first-order valence-corrected chi connectivity index (χ1v) is 10.7. The molecule has 0 saturated heterocycles. The fourth-order valence-corrected chi connectivity index (χ4v) is 2.90. The van der Waals surface area contributed by atoms with Crippen LogP contribution in [0.5, 0.6) is 0 Å². The molecule has 0 aromatic carbocycles. The molecule has 0 rings (SSSR count). The third-order valence-corrected chi connectivity index (χ3v) is 4.82. The number of carbonyl (C=O) groups excluding carboxylic acids is 4. The molecule has 0 bridgehead atoms. The van der Waals surface area contributed by atoms with Crippen LogP contribution in [0.15, 0.2) is 0 Å². The average Bonchev–Trinajstić information content (AvgIpc) is 2.67. The Morgan fingerprint density at radius 2 is 1.34 bits per heavy atom. The molecule has 0 saturated carbocycles. The molecule has 32 heavy (non-hydrogen) atoms. The second kappa shape index (κ2) is 14.4. The summed E-state index contributed by atoms with van der Waals surface area (Å²) in [5, 5.41) is 16.8. The Morgan fingerprint density at radius 1 is 0.812 bits per heavy atom. The van der Waals surface area contributed by atoms with Crippen LogP contribution in [0.1, 0.15) is 53.4 Å². The minimum atomic E-state index is -1.22. The highest BCUT2D eigenvalue weighted by atomic mass is 16.4. The molecule has 0 radical (unpaired) electrons. The lowest BCUT2D eigenvalue weighted by Gasteiger charge is -2.27. The van der Waals surface area contributed by atoms with E-state index in [1.807, 2.05) is 0 Å². The normalized spacial score (nSPS) is 14.9. The Morgan fingerprint density at radius 3 is 1.78 bits per heavy atom. The van der Waals surface area contributed by atoms with Crippen LogP contribution in [0.25, 0.3) is 0 Å². The molecule has 184 valence electrons. The minimum Gasteiger partial charge on any atom is -0.480 e. The second-order valence-corrected chi connectivity index (χ2v) is 8.42. The van der Waals surface area contributed by atoms with Crippen molar-refractivity contribution in [1.82, 2.24) is 16.0 Å². The number of carbonyl (C=O) groups is 5. The van der Waals surface area contributed by atoms with Gasteiger partial charge < -0.3 is 38.3 Å². The van der Waals surface area contributed by atoms with E-state index in [0.717, 1.165) is 0 Å². The predicted molar refractivity (Wildman–Crippen MR) is 118 cm³/mol. The molecule has 0 spiro atoms. The summed E-state index contributed by atoms with van der Waals surface area (Å²) in [7, 11) is 0. The van der Waals surface area contributed by atoms with Crippen molar-refractivity contribution in [2.45, 2.75) is 77.5 Å². The van der Waals surface area contributed by atoms with Gasteiger partial charge in [0.05, 0.1) is 12.5 Å². The summed E-state index contributed by atoms with van der Waals surface area (Å²) < 4.78 is 0. The van der Waals surface area contributed by atoms with E-state index in [1.165, 1.54) is 0 Å². The molecule has 0 aliphatic rings. The number of carboxylic acids is 1. The number of hydrogen-bond acceptors (Lipinski definition) is 7. The topological polar surface area (TPSA) is 220 Å². The quantitative estimate of drug-likeness (QED) is 0.138. The molecular weight excluding hydrogens is 420 g/mol. The van der Waals surface area contributed by atoms with Gasteiger partial charge in [-0.3, -0.25) is 19.2 Å². The summed E-state index contributed by atoms with van der Waals surface area (Å²) in [6.45, 7) is 7.09. The van der Waals surface area contributed by atoms with Gasteiger partial charge in [0.1, 0.15) is 18.1 Å². The molecule has 10 N–H and O–H groups in total. The van der Waals surface area contributed by atoms with Crippen molar-refractivity contribution in [1.29, 1.82) is 0 Å². The van der Waals surface area contributed by atoms with Crippen LogP contribution in [-0.4, -0.2) is 65.4 Å². The first-order chi connectivity index (χ1) is 14.8. The zero-order chi connectivity index (χ0) is 25.0. The summed E-state index contributed by atoms with van der Waals surface area (Å²) in [5.74, 6) is -4.68. The molecule has 4 amide bonds. The number of rotatable bonds is 15. The lowest BCUT2D eigenvalue weighted by Crippen LogP contribution is -2.59. The fourth-order valence-electron chi connectivity index (χ4n) is 2.90. The van der Waals surface area contributed by atoms with E-state index in [2.05, 4.69) is 16.0 Å². The minimum absolute atomic E-state index is 0.230. The van der Waals surface area contributed by atoms with Crippen LogP contribution in [0, 0.1) is 11.8 Å². The fraction of sp³-hybridized carbons (Fsp3) is 0.750.